The maximum atomic E-state index is 14.1. The number of halogens is 1. The van der Waals surface area contributed by atoms with Crippen LogP contribution in [0.1, 0.15) is 46.9 Å². The number of amides is 2. The maximum absolute atomic E-state index is 14.1. The summed E-state index contributed by atoms with van der Waals surface area (Å²) in [5, 5.41) is 7.25. The smallest absolute Gasteiger partial charge is 0.293 e. The number of aromatic nitrogens is 3. The van der Waals surface area contributed by atoms with Gasteiger partial charge in [-0.3, -0.25) is 9.59 Å². The molecule has 9 heteroatoms. The number of nitrogens with one attached hydrogen (secondary N) is 1. The van der Waals surface area contributed by atoms with Crippen molar-refractivity contribution in [3.8, 4) is 11.4 Å². The Kier molecular flexibility index (Phi) is 7.96. The van der Waals surface area contributed by atoms with Crippen molar-refractivity contribution in [1.82, 2.24) is 19.7 Å². The fourth-order valence-corrected chi connectivity index (χ4v) is 4.79. The molecule has 2 heterocycles. The van der Waals surface area contributed by atoms with Crippen molar-refractivity contribution in [3.05, 3.63) is 102 Å². The molecule has 1 saturated heterocycles. The Labute approximate surface area is 226 Å². The molecule has 0 bridgehead atoms. The van der Waals surface area contributed by atoms with E-state index in [1.165, 1.54) is 18.7 Å². The first-order valence-corrected chi connectivity index (χ1v) is 13.0. The molecule has 2 amide bonds. The second-order valence-electron chi connectivity index (χ2n) is 9.54. The molecule has 0 unspecified atom stereocenters. The summed E-state index contributed by atoms with van der Waals surface area (Å²) in [6, 6.07) is 22.0. The van der Waals surface area contributed by atoms with Crippen molar-refractivity contribution in [3.63, 3.8) is 0 Å². The number of likely N-dealkylation sites (tertiary alicyclic amines) is 1. The predicted octanol–water partition coefficient (Wildman–Crippen LogP) is 5.01. The van der Waals surface area contributed by atoms with Crippen LogP contribution in [-0.2, 0) is 11.2 Å². The van der Waals surface area contributed by atoms with E-state index in [9.17, 15) is 14.0 Å². The number of benzene rings is 3. The van der Waals surface area contributed by atoms with Crippen molar-refractivity contribution in [2.75, 3.05) is 25.5 Å². The number of rotatable bonds is 8. The summed E-state index contributed by atoms with van der Waals surface area (Å²) in [5.41, 5.74) is 3.21. The minimum atomic E-state index is -0.377. The molecule has 0 spiro atoms. The quantitative estimate of drug-likeness (QED) is 0.348. The topological polar surface area (TPSA) is 89.4 Å². The highest BCUT2D eigenvalue weighted by atomic mass is 19.1. The summed E-state index contributed by atoms with van der Waals surface area (Å²) in [6.07, 6.45) is 3.72. The van der Waals surface area contributed by atoms with E-state index < -0.39 is 0 Å². The van der Waals surface area contributed by atoms with Gasteiger partial charge in [-0.15, -0.1) is 5.10 Å². The molecular weight excluding hydrogens is 497 g/mol. The van der Waals surface area contributed by atoms with Gasteiger partial charge in [0.1, 0.15) is 17.9 Å². The Morgan fingerprint density at radius 2 is 1.77 bits per heavy atom. The standard InChI is InChI=1S/C30H30FN5O3/c1-39-26-13-9-23(27(31)19-26)10-14-28(37)33-24-11-7-21(8-12-24)22-15-17-35(18-16-22)30(38)29-32-20-36(34-29)25-5-3-2-4-6-25/h2-9,11-13,19-20,22H,10,14-18H2,1H3,(H,33,37). The lowest BCUT2D eigenvalue weighted by molar-refractivity contribution is -0.116. The number of carbonyl (C=O) groups is 2. The molecule has 5 rings (SSSR count). The number of aryl methyl sites for hydroxylation is 1. The van der Waals surface area contributed by atoms with Gasteiger partial charge in [0.25, 0.3) is 5.91 Å². The van der Waals surface area contributed by atoms with Gasteiger partial charge in [0.05, 0.1) is 12.8 Å². The van der Waals surface area contributed by atoms with Crippen LogP contribution in [-0.4, -0.2) is 51.7 Å². The zero-order valence-corrected chi connectivity index (χ0v) is 21.7. The molecule has 8 nitrogen and oxygen atoms in total. The molecule has 0 atom stereocenters. The van der Waals surface area contributed by atoms with Crippen molar-refractivity contribution in [1.29, 1.82) is 0 Å². The van der Waals surface area contributed by atoms with Crippen molar-refractivity contribution < 1.29 is 18.7 Å². The molecule has 0 saturated carbocycles. The van der Waals surface area contributed by atoms with Crippen LogP contribution >= 0.6 is 0 Å². The monoisotopic (exact) mass is 527 g/mol. The Bertz CT molecular complexity index is 1430. The summed E-state index contributed by atoms with van der Waals surface area (Å²) >= 11 is 0. The van der Waals surface area contributed by atoms with Gasteiger partial charge in [0.2, 0.25) is 11.7 Å². The van der Waals surface area contributed by atoms with E-state index in [4.69, 9.17) is 4.74 Å². The zero-order chi connectivity index (χ0) is 27.2. The van der Waals surface area contributed by atoms with Gasteiger partial charge in [0, 0.05) is 31.3 Å². The van der Waals surface area contributed by atoms with Crippen molar-refractivity contribution >= 4 is 17.5 Å². The second kappa shape index (κ2) is 11.9. The van der Waals surface area contributed by atoms with E-state index in [0.29, 0.717) is 42.4 Å². The van der Waals surface area contributed by atoms with Gasteiger partial charge in [-0.2, -0.15) is 0 Å². The van der Waals surface area contributed by atoms with E-state index in [1.807, 2.05) is 54.6 Å². The van der Waals surface area contributed by atoms with Crippen molar-refractivity contribution in [2.45, 2.75) is 31.6 Å². The molecule has 0 radical (unpaired) electrons. The number of hydrogen-bond acceptors (Lipinski definition) is 5. The number of nitrogens with zero attached hydrogens (tertiary/aromatic N) is 4. The minimum Gasteiger partial charge on any atom is -0.497 e. The molecule has 200 valence electrons. The highest BCUT2D eigenvalue weighted by Crippen LogP contribution is 2.29. The van der Waals surface area contributed by atoms with E-state index in [2.05, 4.69) is 15.4 Å². The van der Waals surface area contributed by atoms with Crippen LogP contribution in [0.3, 0.4) is 0 Å². The summed E-state index contributed by atoms with van der Waals surface area (Å²) in [5.74, 6) is 0.269. The predicted molar refractivity (Wildman–Crippen MR) is 146 cm³/mol. The third kappa shape index (κ3) is 6.31. The van der Waals surface area contributed by atoms with Gasteiger partial charge >= 0.3 is 0 Å². The summed E-state index contributed by atoms with van der Waals surface area (Å²) in [7, 11) is 1.49. The summed E-state index contributed by atoms with van der Waals surface area (Å²) in [6.45, 7) is 1.26. The van der Waals surface area contributed by atoms with Crippen LogP contribution < -0.4 is 10.1 Å². The number of para-hydroxylation sites is 1. The van der Waals surface area contributed by atoms with Crippen LogP contribution in [0.25, 0.3) is 5.69 Å². The summed E-state index contributed by atoms with van der Waals surface area (Å²) in [4.78, 5) is 31.4. The molecule has 1 aliphatic rings. The molecule has 3 aromatic carbocycles. The lowest BCUT2D eigenvalue weighted by Gasteiger charge is -2.31. The second-order valence-corrected chi connectivity index (χ2v) is 9.54. The number of ether oxygens (including phenoxy) is 1. The fourth-order valence-electron chi connectivity index (χ4n) is 4.79. The number of carbonyl (C=O) groups excluding carboxylic acids is 2. The molecule has 39 heavy (non-hydrogen) atoms. The molecule has 1 aromatic heterocycles. The first-order chi connectivity index (χ1) is 19.0. The molecule has 1 fully saturated rings. The SMILES string of the molecule is COc1ccc(CCC(=O)Nc2ccc(C3CCN(C(=O)c4ncn(-c5ccccc5)n4)CC3)cc2)c(F)c1. The number of piperidine rings is 1. The third-order valence-corrected chi connectivity index (χ3v) is 7.03. The highest BCUT2D eigenvalue weighted by Gasteiger charge is 2.26. The van der Waals surface area contributed by atoms with Crippen LogP contribution in [0.4, 0.5) is 10.1 Å². The molecule has 4 aromatic rings. The van der Waals surface area contributed by atoms with Crippen LogP contribution in [0.5, 0.6) is 5.75 Å². The Balaban J connectivity index is 1.10. The van der Waals surface area contributed by atoms with Crippen molar-refractivity contribution in [2.24, 2.45) is 0 Å². The largest absolute Gasteiger partial charge is 0.497 e. The molecular formula is C30H30FN5O3. The van der Waals surface area contributed by atoms with Crippen LogP contribution in [0.15, 0.2) is 79.1 Å². The average molecular weight is 528 g/mol. The van der Waals surface area contributed by atoms with Crippen LogP contribution in [0, 0.1) is 5.82 Å². The van der Waals surface area contributed by atoms with Gasteiger partial charge in [-0.1, -0.05) is 36.4 Å². The Morgan fingerprint density at radius 1 is 1.03 bits per heavy atom. The van der Waals surface area contributed by atoms with Gasteiger partial charge in [0.15, 0.2) is 0 Å². The van der Waals surface area contributed by atoms with E-state index in [0.717, 1.165) is 18.5 Å². The molecule has 1 N–H and O–H groups in total. The minimum absolute atomic E-state index is 0.157. The Hall–Kier alpha value is -4.53. The van der Waals surface area contributed by atoms with Crippen LogP contribution in [0.2, 0.25) is 0 Å². The third-order valence-electron chi connectivity index (χ3n) is 7.03. The average Bonchev–Trinajstić information content (AvgIpc) is 3.48. The molecule has 0 aliphatic carbocycles. The highest BCUT2D eigenvalue weighted by molar-refractivity contribution is 5.91. The number of methoxy groups -OCH3 is 1. The number of anilines is 1. The fraction of sp³-hybridized carbons (Fsp3) is 0.267. The lowest BCUT2D eigenvalue weighted by atomic mass is 9.89. The molecule has 1 aliphatic heterocycles. The van der Waals surface area contributed by atoms with E-state index in [1.54, 1.807) is 28.0 Å². The normalized spacial score (nSPS) is 13.7. The van der Waals surface area contributed by atoms with Gasteiger partial charge in [-0.25, -0.2) is 14.1 Å². The van der Waals surface area contributed by atoms with Gasteiger partial charge < -0.3 is 15.0 Å². The number of hydrogen-bond donors (Lipinski definition) is 1. The van der Waals surface area contributed by atoms with E-state index in [-0.39, 0.29) is 29.9 Å². The zero-order valence-electron chi connectivity index (χ0n) is 21.7. The van der Waals surface area contributed by atoms with Gasteiger partial charge in [-0.05, 0) is 66.6 Å². The lowest BCUT2D eigenvalue weighted by Crippen LogP contribution is -2.38. The first-order valence-electron chi connectivity index (χ1n) is 13.0. The summed E-state index contributed by atoms with van der Waals surface area (Å²) < 4.78 is 20.7. The maximum Gasteiger partial charge on any atom is 0.293 e. The van der Waals surface area contributed by atoms with E-state index >= 15 is 0 Å². The first kappa shape index (κ1) is 26.1. The Morgan fingerprint density at radius 3 is 2.46 bits per heavy atom.